The number of aliphatic hydroxyl groups excluding tert-OH is 1. The van der Waals surface area contributed by atoms with E-state index in [1.54, 1.807) is 18.3 Å². The average molecular weight is 274 g/mol. The molecule has 0 aromatic carbocycles. The zero-order valence-corrected chi connectivity index (χ0v) is 10.6. The van der Waals surface area contributed by atoms with Crippen molar-refractivity contribution in [1.82, 2.24) is 19.9 Å². The molecule has 0 fully saturated rings. The molecule has 7 nitrogen and oxygen atoms in total. The standard InChI is InChI=1S/C13H14N4O3/c18-10(9-17-6-2-1-3-12(17)19)7-16-13(20)11-8-14-4-5-15-11/h1-6,8,10,18H,7,9H2,(H,16,20). The minimum absolute atomic E-state index is 0.0245. The van der Waals surface area contributed by atoms with Crippen LogP contribution in [0.25, 0.3) is 0 Å². The molecule has 0 spiro atoms. The summed E-state index contributed by atoms with van der Waals surface area (Å²) in [6.45, 7) is 0.136. The number of carbonyl (C=O) groups excluding carboxylic acids is 1. The number of pyridine rings is 1. The van der Waals surface area contributed by atoms with Crippen molar-refractivity contribution in [3.63, 3.8) is 0 Å². The van der Waals surface area contributed by atoms with Crippen LogP contribution in [0.1, 0.15) is 10.5 Å². The normalized spacial score (nSPS) is 11.8. The van der Waals surface area contributed by atoms with Crippen molar-refractivity contribution in [1.29, 1.82) is 0 Å². The van der Waals surface area contributed by atoms with Crippen molar-refractivity contribution in [2.45, 2.75) is 12.6 Å². The summed E-state index contributed by atoms with van der Waals surface area (Å²) in [7, 11) is 0. The number of hydrogen-bond acceptors (Lipinski definition) is 5. The van der Waals surface area contributed by atoms with Gasteiger partial charge in [-0.25, -0.2) is 4.98 Å². The van der Waals surface area contributed by atoms with Gasteiger partial charge in [-0.1, -0.05) is 6.07 Å². The van der Waals surface area contributed by atoms with Crippen molar-refractivity contribution >= 4 is 5.91 Å². The molecule has 104 valence electrons. The molecule has 7 heteroatoms. The molecule has 1 atom stereocenters. The third-order valence-corrected chi connectivity index (χ3v) is 2.60. The summed E-state index contributed by atoms with van der Waals surface area (Å²) < 4.78 is 1.37. The molecule has 0 aliphatic carbocycles. The number of aliphatic hydroxyl groups is 1. The third kappa shape index (κ3) is 3.72. The van der Waals surface area contributed by atoms with Crippen molar-refractivity contribution in [2.24, 2.45) is 0 Å². The summed E-state index contributed by atoms with van der Waals surface area (Å²) in [5, 5.41) is 12.3. The molecule has 2 rings (SSSR count). The Labute approximate surface area is 114 Å². The van der Waals surface area contributed by atoms with Gasteiger partial charge in [-0.3, -0.25) is 14.6 Å². The van der Waals surface area contributed by atoms with Gasteiger partial charge < -0.3 is 15.0 Å². The van der Waals surface area contributed by atoms with Crippen LogP contribution in [0.4, 0.5) is 0 Å². The number of carbonyl (C=O) groups is 1. The van der Waals surface area contributed by atoms with E-state index in [0.29, 0.717) is 0 Å². The maximum absolute atomic E-state index is 11.7. The van der Waals surface area contributed by atoms with Crippen LogP contribution in [0.2, 0.25) is 0 Å². The van der Waals surface area contributed by atoms with Gasteiger partial charge in [-0.2, -0.15) is 0 Å². The molecule has 0 radical (unpaired) electrons. The van der Waals surface area contributed by atoms with E-state index in [1.807, 2.05) is 0 Å². The van der Waals surface area contributed by atoms with Crippen LogP contribution in [-0.2, 0) is 6.54 Å². The Bertz CT molecular complexity index is 627. The van der Waals surface area contributed by atoms with Gasteiger partial charge in [-0.05, 0) is 6.07 Å². The Hall–Kier alpha value is -2.54. The summed E-state index contributed by atoms with van der Waals surface area (Å²) in [5.41, 5.74) is -0.0246. The number of nitrogens with one attached hydrogen (secondary N) is 1. The number of hydrogen-bond donors (Lipinski definition) is 2. The predicted octanol–water partition coefficient (Wildman–Crippen LogP) is -0.571. The third-order valence-electron chi connectivity index (χ3n) is 2.60. The Morgan fingerprint density at radius 2 is 2.25 bits per heavy atom. The van der Waals surface area contributed by atoms with E-state index in [-0.39, 0.29) is 24.3 Å². The van der Waals surface area contributed by atoms with Crippen molar-refractivity contribution in [3.8, 4) is 0 Å². The van der Waals surface area contributed by atoms with E-state index >= 15 is 0 Å². The van der Waals surface area contributed by atoms with Gasteiger partial charge in [0.25, 0.3) is 11.5 Å². The van der Waals surface area contributed by atoms with Crippen LogP contribution in [-0.4, -0.2) is 38.2 Å². The second-order valence-electron chi connectivity index (χ2n) is 4.15. The molecule has 2 heterocycles. The molecule has 0 saturated carbocycles. The fourth-order valence-corrected chi connectivity index (χ4v) is 1.62. The fourth-order valence-electron chi connectivity index (χ4n) is 1.62. The number of amides is 1. The molecule has 0 bridgehead atoms. The smallest absolute Gasteiger partial charge is 0.271 e. The number of nitrogens with zero attached hydrogens (tertiary/aromatic N) is 3. The maximum atomic E-state index is 11.7. The molecule has 0 saturated heterocycles. The SMILES string of the molecule is O=C(NCC(O)Cn1ccccc1=O)c1cnccn1. The molecule has 2 aromatic heterocycles. The highest BCUT2D eigenvalue weighted by Crippen LogP contribution is 1.92. The van der Waals surface area contributed by atoms with Gasteiger partial charge in [0.05, 0.1) is 18.8 Å². The summed E-state index contributed by atoms with van der Waals surface area (Å²) in [4.78, 5) is 30.8. The molecule has 1 amide bonds. The van der Waals surface area contributed by atoms with Crippen LogP contribution < -0.4 is 10.9 Å². The lowest BCUT2D eigenvalue weighted by atomic mass is 10.3. The molecule has 1 unspecified atom stereocenters. The van der Waals surface area contributed by atoms with Gasteiger partial charge in [0, 0.05) is 31.2 Å². The lowest BCUT2D eigenvalue weighted by molar-refractivity contribution is 0.0898. The lowest BCUT2D eigenvalue weighted by Gasteiger charge is -2.13. The summed E-state index contributed by atoms with van der Waals surface area (Å²) in [6, 6.07) is 4.73. The predicted molar refractivity (Wildman–Crippen MR) is 71.1 cm³/mol. The van der Waals surface area contributed by atoms with Crippen LogP contribution in [0, 0.1) is 0 Å². The Morgan fingerprint density at radius 3 is 2.95 bits per heavy atom. The average Bonchev–Trinajstić information content (AvgIpc) is 2.48. The van der Waals surface area contributed by atoms with Crippen LogP contribution in [0.5, 0.6) is 0 Å². The van der Waals surface area contributed by atoms with E-state index in [2.05, 4.69) is 15.3 Å². The highest BCUT2D eigenvalue weighted by molar-refractivity contribution is 5.91. The molecule has 20 heavy (non-hydrogen) atoms. The molecule has 2 aromatic rings. The first-order chi connectivity index (χ1) is 9.66. The van der Waals surface area contributed by atoms with E-state index in [1.165, 1.54) is 29.2 Å². The minimum Gasteiger partial charge on any atom is -0.389 e. The minimum atomic E-state index is -0.865. The quantitative estimate of drug-likeness (QED) is 0.761. The van der Waals surface area contributed by atoms with Crippen molar-refractivity contribution in [3.05, 3.63) is 59.0 Å². The van der Waals surface area contributed by atoms with Gasteiger partial charge in [0.15, 0.2) is 0 Å². The van der Waals surface area contributed by atoms with E-state index in [4.69, 9.17) is 0 Å². The zero-order valence-electron chi connectivity index (χ0n) is 10.6. The van der Waals surface area contributed by atoms with Crippen LogP contribution in [0.15, 0.2) is 47.8 Å². The van der Waals surface area contributed by atoms with Crippen molar-refractivity contribution in [2.75, 3.05) is 6.54 Å². The van der Waals surface area contributed by atoms with Crippen molar-refractivity contribution < 1.29 is 9.90 Å². The summed E-state index contributed by atoms with van der Waals surface area (Å²) in [5.74, 6) is -0.419. The van der Waals surface area contributed by atoms with Gasteiger partial charge in [-0.15, -0.1) is 0 Å². The second-order valence-corrected chi connectivity index (χ2v) is 4.15. The Balaban J connectivity index is 1.87. The first-order valence-corrected chi connectivity index (χ1v) is 6.04. The second kappa shape index (κ2) is 6.58. The summed E-state index contributed by atoms with van der Waals surface area (Å²) in [6.07, 6.45) is 4.93. The van der Waals surface area contributed by atoms with Gasteiger partial charge in [0.1, 0.15) is 5.69 Å². The molecule has 2 N–H and O–H groups in total. The first-order valence-electron chi connectivity index (χ1n) is 6.04. The fraction of sp³-hybridized carbons (Fsp3) is 0.231. The first kappa shape index (κ1) is 13.9. The number of aromatic nitrogens is 3. The Morgan fingerprint density at radius 1 is 1.40 bits per heavy atom. The summed E-state index contributed by atoms with van der Waals surface area (Å²) >= 11 is 0. The van der Waals surface area contributed by atoms with E-state index in [9.17, 15) is 14.7 Å². The highest BCUT2D eigenvalue weighted by atomic mass is 16.3. The monoisotopic (exact) mass is 274 g/mol. The highest BCUT2D eigenvalue weighted by Gasteiger charge is 2.10. The maximum Gasteiger partial charge on any atom is 0.271 e. The van der Waals surface area contributed by atoms with Gasteiger partial charge in [0.2, 0.25) is 0 Å². The van der Waals surface area contributed by atoms with Crippen LogP contribution in [0.3, 0.4) is 0 Å². The topological polar surface area (TPSA) is 97.1 Å². The molecule has 0 aliphatic heterocycles. The van der Waals surface area contributed by atoms with E-state index < -0.39 is 12.0 Å². The largest absolute Gasteiger partial charge is 0.389 e. The molecular weight excluding hydrogens is 260 g/mol. The Kier molecular flexibility index (Phi) is 4.56. The number of rotatable bonds is 5. The van der Waals surface area contributed by atoms with Crippen LogP contribution >= 0.6 is 0 Å². The zero-order chi connectivity index (χ0) is 14.4. The molecule has 0 aliphatic rings. The van der Waals surface area contributed by atoms with E-state index in [0.717, 1.165) is 0 Å². The molecular formula is C13H14N4O3. The van der Waals surface area contributed by atoms with Gasteiger partial charge >= 0.3 is 0 Å². The lowest BCUT2D eigenvalue weighted by Crippen LogP contribution is -2.36.